The van der Waals surface area contributed by atoms with Gasteiger partial charge in [0, 0.05) is 38.3 Å². The highest BCUT2D eigenvalue weighted by molar-refractivity contribution is 5.91. The normalized spacial score (nSPS) is 14.6. The van der Waals surface area contributed by atoms with Crippen LogP contribution in [0, 0.1) is 0 Å². The summed E-state index contributed by atoms with van der Waals surface area (Å²) in [5.41, 5.74) is 5.76. The molecule has 170 valence electrons. The minimum Gasteiger partial charge on any atom is -0.508 e. The third-order valence-electron chi connectivity index (χ3n) is 6.35. The molecule has 6 nitrogen and oxygen atoms in total. The molecule has 2 heterocycles. The summed E-state index contributed by atoms with van der Waals surface area (Å²) in [7, 11) is 0. The van der Waals surface area contributed by atoms with Gasteiger partial charge in [-0.05, 0) is 48.4 Å². The van der Waals surface area contributed by atoms with Crippen LogP contribution in [-0.4, -0.2) is 59.3 Å². The molecule has 0 amide bonds. The largest absolute Gasteiger partial charge is 0.508 e. The van der Waals surface area contributed by atoms with Gasteiger partial charge in [-0.15, -0.1) is 0 Å². The summed E-state index contributed by atoms with van der Waals surface area (Å²) in [6.45, 7) is 7.61. The number of benzene rings is 3. The number of ether oxygens (including phenoxy) is 1. The van der Waals surface area contributed by atoms with Crippen LogP contribution in [0.3, 0.4) is 0 Å². The summed E-state index contributed by atoms with van der Waals surface area (Å²) in [6, 6.07) is 21.9. The zero-order chi connectivity index (χ0) is 22.6. The maximum absolute atomic E-state index is 9.37. The van der Waals surface area contributed by atoms with E-state index >= 15 is 0 Å². The third kappa shape index (κ3) is 4.81. The summed E-state index contributed by atoms with van der Waals surface area (Å²) in [4.78, 5) is 13.3. The van der Waals surface area contributed by atoms with E-state index in [0.717, 1.165) is 67.3 Å². The van der Waals surface area contributed by atoms with Crippen LogP contribution in [0.2, 0.25) is 0 Å². The molecule has 0 aliphatic carbocycles. The van der Waals surface area contributed by atoms with E-state index in [4.69, 9.17) is 9.72 Å². The highest BCUT2D eigenvalue weighted by atomic mass is 16.5. The first kappa shape index (κ1) is 21.3. The fraction of sp³-hybridized carbons (Fsp3) is 0.296. The predicted octanol–water partition coefficient (Wildman–Crippen LogP) is 4.70. The first-order chi connectivity index (χ1) is 16.2. The maximum atomic E-state index is 9.37. The van der Waals surface area contributed by atoms with Gasteiger partial charge in [-0.25, -0.2) is 4.98 Å². The molecule has 1 aliphatic rings. The van der Waals surface area contributed by atoms with E-state index in [-0.39, 0.29) is 5.75 Å². The number of nitrogens with one attached hydrogen (secondary N) is 1. The Kier molecular flexibility index (Phi) is 6.17. The number of anilines is 1. The monoisotopic (exact) mass is 442 g/mol. The Hall–Kier alpha value is -3.51. The molecule has 33 heavy (non-hydrogen) atoms. The van der Waals surface area contributed by atoms with Gasteiger partial charge in [-0.3, -0.25) is 4.90 Å². The van der Waals surface area contributed by atoms with Crippen LogP contribution in [0.15, 0.2) is 66.7 Å². The number of aromatic hydroxyl groups is 1. The van der Waals surface area contributed by atoms with Crippen molar-refractivity contribution in [3.63, 3.8) is 0 Å². The van der Waals surface area contributed by atoms with Crippen molar-refractivity contribution in [2.24, 2.45) is 0 Å². The second kappa shape index (κ2) is 9.55. The Morgan fingerprint density at radius 3 is 2.42 bits per heavy atom. The Balaban J connectivity index is 1.22. The molecule has 0 atom stereocenters. The smallest absolute Gasteiger partial charge is 0.138 e. The number of hydrogen-bond donors (Lipinski definition) is 2. The number of para-hydroxylation sites is 1. The third-order valence-corrected chi connectivity index (χ3v) is 6.35. The van der Waals surface area contributed by atoms with Crippen LogP contribution in [0.5, 0.6) is 11.5 Å². The Labute approximate surface area is 194 Å². The standard InChI is InChI=1S/C27H30N4O2/c1-2-20-6-8-21(9-7-20)27-28-24-4-3-5-25(26(24)29-27)31-16-14-30(15-17-31)18-19-33-23-12-10-22(32)11-13-23/h3-13,32H,2,14-19H2,1H3,(H,28,29). The SMILES string of the molecule is CCc1ccc(-c2nc3c(N4CCN(CCOc5ccc(O)cc5)CC4)cccc3[nH]2)cc1. The Morgan fingerprint density at radius 2 is 1.70 bits per heavy atom. The van der Waals surface area contributed by atoms with Crippen molar-refractivity contribution in [1.82, 2.24) is 14.9 Å². The number of aromatic nitrogens is 2. The topological polar surface area (TPSA) is 64.6 Å². The molecule has 5 rings (SSSR count). The average molecular weight is 443 g/mol. The van der Waals surface area contributed by atoms with Gasteiger partial charge in [-0.1, -0.05) is 37.3 Å². The van der Waals surface area contributed by atoms with E-state index in [1.54, 1.807) is 24.3 Å². The lowest BCUT2D eigenvalue weighted by molar-refractivity contribution is 0.200. The summed E-state index contributed by atoms with van der Waals surface area (Å²) in [6.07, 6.45) is 1.04. The number of nitrogens with zero attached hydrogens (tertiary/aromatic N) is 3. The van der Waals surface area contributed by atoms with E-state index in [2.05, 4.69) is 64.2 Å². The van der Waals surface area contributed by atoms with Crippen molar-refractivity contribution < 1.29 is 9.84 Å². The van der Waals surface area contributed by atoms with Crippen molar-refractivity contribution in [3.05, 3.63) is 72.3 Å². The quantitative estimate of drug-likeness (QED) is 0.434. The van der Waals surface area contributed by atoms with Gasteiger partial charge >= 0.3 is 0 Å². The first-order valence-corrected chi connectivity index (χ1v) is 11.7. The summed E-state index contributed by atoms with van der Waals surface area (Å²) in [5.74, 6) is 1.97. The number of piperazine rings is 1. The van der Waals surface area contributed by atoms with E-state index < -0.39 is 0 Å². The zero-order valence-corrected chi connectivity index (χ0v) is 19.0. The molecule has 0 spiro atoms. The van der Waals surface area contributed by atoms with E-state index in [1.165, 1.54) is 11.3 Å². The van der Waals surface area contributed by atoms with Crippen LogP contribution in [0.1, 0.15) is 12.5 Å². The number of aromatic amines is 1. The van der Waals surface area contributed by atoms with E-state index in [9.17, 15) is 5.11 Å². The van der Waals surface area contributed by atoms with Gasteiger partial charge in [0.05, 0.1) is 11.2 Å². The number of fused-ring (bicyclic) bond motifs is 1. The van der Waals surface area contributed by atoms with Gasteiger partial charge in [0.1, 0.15) is 29.4 Å². The van der Waals surface area contributed by atoms with Crippen molar-refractivity contribution in [3.8, 4) is 22.9 Å². The highest BCUT2D eigenvalue weighted by Crippen LogP contribution is 2.29. The molecule has 0 radical (unpaired) electrons. The zero-order valence-electron chi connectivity index (χ0n) is 19.0. The number of phenolic OH excluding ortho intramolecular Hbond substituents is 1. The number of H-pyrrole nitrogens is 1. The minimum absolute atomic E-state index is 0.256. The van der Waals surface area contributed by atoms with E-state index in [1.807, 2.05) is 0 Å². The van der Waals surface area contributed by atoms with Gasteiger partial charge in [0.25, 0.3) is 0 Å². The number of imidazole rings is 1. The molecule has 0 bridgehead atoms. The Bertz CT molecular complexity index is 1190. The molecule has 1 saturated heterocycles. The number of hydrogen-bond acceptors (Lipinski definition) is 5. The van der Waals surface area contributed by atoms with Gasteiger partial charge in [0.15, 0.2) is 0 Å². The molecular formula is C27H30N4O2. The lowest BCUT2D eigenvalue weighted by atomic mass is 10.1. The van der Waals surface area contributed by atoms with Crippen LogP contribution in [0.25, 0.3) is 22.4 Å². The maximum Gasteiger partial charge on any atom is 0.138 e. The van der Waals surface area contributed by atoms with Crippen molar-refractivity contribution in [2.45, 2.75) is 13.3 Å². The van der Waals surface area contributed by atoms with Crippen LogP contribution in [0.4, 0.5) is 5.69 Å². The molecule has 3 aromatic carbocycles. The molecule has 0 unspecified atom stereocenters. The molecule has 6 heteroatoms. The van der Waals surface area contributed by atoms with Gasteiger partial charge < -0.3 is 19.7 Å². The summed E-state index contributed by atoms with van der Waals surface area (Å²) < 4.78 is 5.81. The molecule has 1 aliphatic heterocycles. The lowest BCUT2D eigenvalue weighted by Crippen LogP contribution is -2.47. The summed E-state index contributed by atoms with van der Waals surface area (Å²) >= 11 is 0. The molecular weight excluding hydrogens is 412 g/mol. The molecule has 4 aromatic rings. The fourth-order valence-electron chi connectivity index (χ4n) is 4.35. The van der Waals surface area contributed by atoms with E-state index in [0.29, 0.717) is 6.61 Å². The van der Waals surface area contributed by atoms with Gasteiger partial charge in [0.2, 0.25) is 0 Å². The predicted molar refractivity (Wildman–Crippen MR) is 133 cm³/mol. The number of aryl methyl sites for hydroxylation is 1. The first-order valence-electron chi connectivity index (χ1n) is 11.7. The highest BCUT2D eigenvalue weighted by Gasteiger charge is 2.20. The molecule has 1 fully saturated rings. The average Bonchev–Trinajstić information content (AvgIpc) is 3.30. The van der Waals surface area contributed by atoms with Gasteiger partial charge in [-0.2, -0.15) is 0 Å². The second-order valence-electron chi connectivity index (χ2n) is 8.48. The van der Waals surface area contributed by atoms with Crippen molar-refractivity contribution >= 4 is 16.7 Å². The lowest BCUT2D eigenvalue weighted by Gasteiger charge is -2.36. The molecule has 1 aromatic heterocycles. The molecule has 2 N–H and O–H groups in total. The van der Waals surface area contributed by atoms with Crippen molar-refractivity contribution in [2.75, 3.05) is 44.2 Å². The Morgan fingerprint density at radius 1 is 0.939 bits per heavy atom. The fourth-order valence-corrected chi connectivity index (χ4v) is 4.35. The number of rotatable bonds is 7. The number of phenols is 1. The van der Waals surface area contributed by atoms with Crippen LogP contribution in [-0.2, 0) is 6.42 Å². The molecule has 0 saturated carbocycles. The summed E-state index contributed by atoms with van der Waals surface area (Å²) in [5, 5.41) is 9.37. The van der Waals surface area contributed by atoms with Crippen molar-refractivity contribution in [1.29, 1.82) is 0 Å². The second-order valence-corrected chi connectivity index (χ2v) is 8.48. The minimum atomic E-state index is 0.256. The van der Waals surface area contributed by atoms with Crippen LogP contribution < -0.4 is 9.64 Å². The van der Waals surface area contributed by atoms with Crippen LogP contribution >= 0.6 is 0 Å².